The van der Waals surface area contributed by atoms with Crippen LogP contribution in [0, 0.1) is 0 Å². The van der Waals surface area contributed by atoms with Crippen molar-refractivity contribution >= 4 is 8.58 Å². The molecule has 0 aromatic rings. The molecule has 0 saturated heterocycles. The van der Waals surface area contributed by atoms with E-state index in [1.54, 1.807) is 0 Å². The Labute approximate surface area is 78.0 Å². The van der Waals surface area contributed by atoms with Crippen LogP contribution in [0.15, 0.2) is 0 Å². The van der Waals surface area contributed by atoms with Crippen LogP contribution in [-0.2, 0) is 0 Å². The Morgan fingerprint density at radius 1 is 1.00 bits per heavy atom. The summed E-state index contributed by atoms with van der Waals surface area (Å²) in [6.07, 6.45) is 7.30. The van der Waals surface area contributed by atoms with E-state index in [4.69, 9.17) is 0 Å². The monoisotopic (exact) mass is 260 g/mol. The predicted molar refractivity (Wildman–Crippen MR) is 44.6 cm³/mol. The van der Waals surface area contributed by atoms with Crippen molar-refractivity contribution in [3.05, 3.63) is 0 Å². The predicted octanol–water partition coefficient (Wildman–Crippen LogP) is -0.389. The molecule has 0 nitrogen and oxygen atoms in total. The normalized spacial score (nSPS) is 10.0. The van der Waals surface area contributed by atoms with Crippen molar-refractivity contribution in [2.45, 2.75) is 33.1 Å². The van der Waals surface area contributed by atoms with Crippen LogP contribution in [0.5, 0.6) is 0 Å². The Morgan fingerprint density at radius 2 is 1.67 bits per heavy atom. The third kappa shape index (κ3) is 12.4. The standard InChI is InChI=1S/C7H17P.HI/c1-3-5-7-8-6-4-2;/h8H,3-7H2,1-2H3;1H. The van der Waals surface area contributed by atoms with Crippen LogP contribution in [0.1, 0.15) is 33.1 Å². The molecule has 0 aliphatic rings. The number of hydrogen-bond donors (Lipinski definition) is 0. The zero-order valence-electron chi connectivity index (χ0n) is 6.49. The van der Waals surface area contributed by atoms with E-state index >= 15 is 0 Å². The van der Waals surface area contributed by atoms with E-state index in [1.807, 2.05) is 0 Å². The Morgan fingerprint density at radius 3 is 2.11 bits per heavy atom. The van der Waals surface area contributed by atoms with E-state index in [0.29, 0.717) is 0 Å². The molecule has 0 aromatic heterocycles. The van der Waals surface area contributed by atoms with Crippen LogP contribution in [0.3, 0.4) is 0 Å². The van der Waals surface area contributed by atoms with E-state index in [9.17, 15) is 0 Å². The Bertz CT molecular complexity index is 33.9. The van der Waals surface area contributed by atoms with Gasteiger partial charge in [0.25, 0.3) is 0 Å². The summed E-state index contributed by atoms with van der Waals surface area (Å²) in [6, 6.07) is 0. The molecule has 0 aliphatic heterocycles. The average Bonchev–Trinajstić information content (AvgIpc) is 1.81. The molecule has 0 saturated carbocycles. The molecular formula is C7H18IP. The fraction of sp³-hybridized carbons (Fsp3) is 1.00. The van der Waals surface area contributed by atoms with Crippen molar-refractivity contribution in [3.8, 4) is 0 Å². The molecule has 1 unspecified atom stereocenters. The van der Waals surface area contributed by atoms with Gasteiger partial charge in [0.05, 0.1) is 12.3 Å². The highest BCUT2D eigenvalue weighted by Gasteiger charge is 1.89. The first-order valence-corrected chi connectivity index (χ1v) is 5.36. The molecule has 58 valence electrons. The van der Waals surface area contributed by atoms with Crippen LogP contribution >= 0.6 is 8.58 Å². The molecule has 0 spiro atoms. The van der Waals surface area contributed by atoms with Gasteiger partial charge in [0.15, 0.2) is 0 Å². The Balaban J connectivity index is 0. The van der Waals surface area contributed by atoms with Crippen molar-refractivity contribution in [1.82, 2.24) is 0 Å². The van der Waals surface area contributed by atoms with Gasteiger partial charge in [0, 0.05) is 0 Å². The lowest BCUT2D eigenvalue weighted by Crippen LogP contribution is -3.00. The summed E-state index contributed by atoms with van der Waals surface area (Å²) in [4.78, 5) is 0. The fourth-order valence-corrected chi connectivity index (χ4v) is 2.09. The lowest BCUT2D eigenvalue weighted by atomic mass is 10.4. The second kappa shape index (κ2) is 11.9. The summed E-state index contributed by atoms with van der Waals surface area (Å²) in [5.74, 6) is 0. The molecule has 9 heavy (non-hydrogen) atoms. The van der Waals surface area contributed by atoms with Crippen molar-refractivity contribution in [2.75, 3.05) is 12.3 Å². The van der Waals surface area contributed by atoms with Crippen molar-refractivity contribution in [2.24, 2.45) is 0 Å². The maximum Gasteiger partial charge on any atom is 0.0549 e. The van der Waals surface area contributed by atoms with Gasteiger partial charge in [-0.15, -0.1) is 0 Å². The lowest BCUT2D eigenvalue weighted by Gasteiger charge is -1.88. The maximum absolute atomic E-state index is 2.28. The zero-order chi connectivity index (χ0) is 6.24. The molecule has 2 heteroatoms. The smallest absolute Gasteiger partial charge is 0.0549 e. The van der Waals surface area contributed by atoms with E-state index in [1.165, 1.54) is 31.6 Å². The third-order valence-electron chi connectivity index (χ3n) is 1.25. The molecule has 0 aliphatic carbocycles. The SMILES string of the molecule is CCCC[PH2+]CCC.[I-]. The lowest BCUT2D eigenvalue weighted by molar-refractivity contribution is -0.00000183. The summed E-state index contributed by atoms with van der Waals surface area (Å²) < 4.78 is 0. The van der Waals surface area contributed by atoms with Crippen LogP contribution in [0.2, 0.25) is 0 Å². The first kappa shape index (κ1) is 12.8. The van der Waals surface area contributed by atoms with Crippen molar-refractivity contribution in [1.29, 1.82) is 0 Å². The van der Waals surface area contributed by atoms with Crippen LogP contribution in [0.4, 0.5) is 0 Å². The summed E-state index contributed by atoms with van der Waals surface area (Å²) >= 11 is 0. The fourth-order valence-electron chi connectivity index (χ4n) is 0.697. The van der Waals surface area contributed by atoms with Gasteiger partial charge in [0.1, 0.15) is 0 Å². The average molecular weight is 260 g/mol. The van der Waals surface area contributed by atoms with Gasteiger partial charge in [-0.3, -0.25) is 0 Å². The second-order valence-electron chi connectivity index (χ2n) is 2.22. The molecular weight excluding hydrogens is 242 g/mol. The first-order valence-electron chi connectivity index (χ1n) is 3.73. The van der Waals surface area contributed by atoms with Crippen LogP contribution < -0.4 is 24.0 Å². The topological polar surface area (TPSA) is 0 Å². The van der Waals surface area contributed by atoms with Gasteiger partial charge >= 0.3 is 0 Å². The summed E-state index contributed by atoms with van der Waals surface area (Å²) in [5, 5.41) is 0. The van der Waals surface area contributed by atoms with Crippen molar-refractivity contribution < 1.29 is 24.0 Å². The second-order valence-corrected chi connectivity index (χ2v) is 3.95. The van der Waals surface area contributed by atoms with Gasteiger partial charge in [-0.05, 0) is 21.4 Å². The highest BCUT2D eigenvalue weighted by molar-refractivity contribution is 7.37. The number of halogens is 1. The van der Waals surface area contributed by atoms with Gasteiger partial charge in [0.2, 0.25) is 0 Å². The largest absolute Gasteiger partial charge is 1.00 e. The number of hydrogen-bond acceptors (Lipinski definition) is 0. The first-order chi connectivity index (χ1) is 3.91. The maximum atomic E-state index is 2.28. The van der Waals surface area contributed by atoms with E-state index in [0.717, 1.165) is 8.58 Å². The van der Waals surface area contributed by atoms with Gasteiger partial charge < -0.3 is 24.0 Å². The van der Waals surface area contributed by atoms with Crippen LogP contribution in [0.25, 0.3) is 0 Å². The van der Waals surface area contributed by atoms with E-state index in [2.05, 4.69) is 13.8 Å². The van der Waals surface area contributed by atoms with Crippen LogP contribution in [-0.4, -0.2) is 12.3 Å². The van der Waals surface area contributed by atoms with Gasteiger partial charge in [-0.1, -0.05) is 20.3 Å². The van der Waals surface area contributed by atoms with Gasteiger partial charge in [-0.25, -0.2) is 0 Å². The molecule has 0 amide bonds. The molecule has 0 rings (SSSR count). The van der Waals surface area contributed by atoms with Gasteiger partial charge in [-0.2, -0.15) is 0 Å². The molecule has 0 radical (unpaired) electrons. The number of unbranched alkanes of at least 4 members (excludes halogenated alkanes) is 1. The highest BCUT2D eigenvalue weighted by atomic mass is 127. The molecule has 0 heterocycles. The minimum absolute atomic E-state index is 0. The molecule has 1 atom stereocenters. The summed E-state index contributed by atoms with van der Waals surface area (Å²) in [5.41, 5.74) is 0. The minimum atomic E-state index is 0. The van der Waals surface area contributed by atoms with E-state index < -0.39 is 0 Å². The summed E-state index contributed by atoms with van der Waals surface area (Å²) in [7, 11) is 0.820. The molecule has 0 fully saturated rings. The Hall–Kier alpha value is 1.16. The quantitative estimate of drug-likeness (QED) is 0.359. The zero-order valence-corrected chi connectivity index (χ0v) is 9.80. The summed E-state index contributed by atoms with van der Waals surface area (Å²) in [6.45, 7) is 4.55. The number of rotatable bonds is 5. The third-order valence-corrected chi connectivity index (χ3v) is 3.06. The van der Waals surface area contributed by atoms with Crippen molar-refractivity contribution in [3.63, 3.8) is 0 Å². The minimum Gasteiger partial charge on any atom is -1.00 e. The Kier molecular flexibility index (Phi) is 16.9. The molecule has 0 bridgehead atoms. The molecule has 0 N–H and O–H groups in total. The molecule has 0 aromatic carbocycles. The van der Waals surface area contributed by atoms with E-state index in [-0.39, 0.29) is 24.0 Å². The highest BCUT2D eigenvalue weighted by Crippen LogP contribution is 2.12.